The Morgan fingerprint density at radius 2 is 1.87 bits per heavy atom. The standard InChI is InChI=1S/C11H19NO3/c1-7-6-11(7,8(2)13)12-9(14)15-10(3,4)5/h7H,6H2,1-5H3,(H,12,14)/t7-,11-/m1/s1. The quantitative estimate of drug-likeness (QED) is 0.762. The van der Waals surface area contributed by atoms with E-state index >= 15 is 0 Å². The third-order valence-corrected chi connectivity index (χ3v) is 2.66. The second kappa shape index (κ2) is 3.51. The molecular formula is C11H19NO3. The molecule has 4 heteroatoms. The van der Waals surface area contributed by atoms with Gasteiger partial charge in [-0.1, -0.05) is 6.92 Å². The summed E-state index contributed by atoms with van der Waals surface area (Å²) in [7, 11) is 0. The van der Waals surface area contributed by atoms with Crippen molar-refractivity contribution in [2.24, 2.45) is 5.92 Å². The van der Waals surface area contributed by atoms with Crippen molar-refractivity contribution in [3.05, 3.63) is 0 Å². The second-order valence-corrected chi connectivity index (χ2v) is 5.26. The van der Waals surface area contributed by atoms with E-state index in [4.69, 9.17) is 4.74 Å². The SMILES string of the molecule is CC(=O)[C@@]1(NC(=O)OC(C)(C)C)C[C@H]1C. The van der Waals surface area contributed by atoms with Crippen LogP contribution < -0.4 is 5.32 Å². The van der Waals surface area contributed by atoms with Crippen LogP contribution in [0.15, 0.2) is 0 Å². The topological polar surface area (TPSA) is 55.4 Å². The highest BCUT2D eigenvalue weighted by Gasteiger charge is 2.56. The minimum atomic E-state index is -0.664. The third kappa shape index (κ3) is 2.70. The van der Waals surface area contributed by atoms with Crippen LogP contribution in [0.5, 0.6) is 0 Å². The molecule has 0 saturated heterocycles. The summed E-state index contributed by atoms with van der Waals surface area (Å²) in [4.78, 5) is 22.8. The largest absolute Gasteiger partial charge is 0.444 e. The van der Waals surface area contributed by atoms with Crippen molar-refractivity contribution in [1.82, 2.24) is 5.32 Å². The van der Waals surface area contributed by atoms with Crippen molar-refractivity contribution in [2.75, 3.05) is 0 Å². The summed E-state index contributed by atoms with van der Waals surface area (Å²) in [5.74, 6) is 0.211. The molecule has 0 bridgehead atoms. The molecule has 1 aliphatic rings. The van der Waals surface area contributed by atoms with Crippen LogP contribution in [-0.4, -0.2) is 23.0 Å². The molecule has 0 radical (unpaired) electrons. The predicted molar refractivity (Wildman–Crippen MR) is 56.6 cm³/mol. The van der Waals surface area contributed by atoms with Crippen LogP contribution in [0.4, 0.5) is 4.79 Å². The summed E-state index contributed by atoms with van der Waals surface area (Å²) in [6.45, 7) is 8.83. The van der Waals surface area contributed by atoms with Gasteiger partial charge in [-0.3, -0.25) is 4.79 Å². The summed E-state index contributed by atoms with van der Waals surface area (Å²) in [5, 5.41) is 2.66. The lowest BCUT2D eigenvalue weighted by Gasteiger charge is -2.22. The van der Waals surface area contributed by atoms with Gasteiger partial charge in [-0.15, -0.1) is 0 Å². The van der Waals surface area contributed by atoms with Gasteiger partial charge in [0.25, 0.3) is 0 Å². The lowest BCUT2D eigenvalue weighted by atomic mass is 10.1. The van der Waals surface area contributed by atoms with Gasteiger partial charge in [-0.2, -0.15) is 0 Å². The molecule has 1 rings (SSSR count). The van der Waals surface area contributed by atoms with Gasteiger partial charge in [0, 0.05) is 0 Å². The number of Topliss-reactive ketones (excluding diaryl/α,β-unsaturated/α-hetero) is 1. The van der Waals surface area contributed by atoms with E-state index < -0.39 is 17.2 Å². The van der Waals surface area contributed by atoms with Crippen molar-refractivity contribution in [1.29, 1.82) is 0 Å². The number of hydrogen-bond acceptors (Lipinski definition) is 3. The summed E-state index contributed by atoms with van der Waals surface area (Å²) >= 11 is 0. The molecule has 1 saturated carbocycles. The maximum atomic E-state index is 11.5. The zero-order valence-electron chi connectivity index (χ0n) is 10.0. The van der Waals surface area contributed by atoms with E-state index in [1.165, 1.54) is 6.92 Å². The first kappa shape index (κ1) is 12.0. The molecule has 86 valence electrons. The molecule has 1 aliphatic carbocycles. The van der Waals surface area contributed by atoms with E-state index in [-0.39, 0.29) is 11.7 Å². The first-order valence-electron chi connectivity index (χ1n) is 5.19. The predicted octanol–water partition coefficient (Wildman–Crippen LogP) is 1.88. The monoisotopic (exact) mass is 213 g/mol. The lowest BCUT2D eigenvalue weighted by Crippen LogP contribution is -2.45. The van der Waals surface area contributed by atoms with Gasteiger partial charge in [0.05, 0.1) is 0 Å². The number of alkyl carbamates (subject to hydrolysis) is 1. The Hall–Kier alpha value is -1.06. The molecule has 0 unspecified atom stereocenters. The molecule has 1 fully saturated rings. The highest BCUT2D eigenvalue weighted by molar-refractivity contribution is 5.93. The minimum absolute atomic E-state index is 0.000796. The number of carbonyl (C=O) groups is 2. The zero-order chi connectivity index (χ0) is 11.9. The molecule has 0 aliphatic heterocycles. The molecule has 0 spiro atoms. The van der Waals surface area contributed by atoms with Crippen LogP contribution in [0.25, 0.3) is 0 Å². The second-order valence-electron chi connectivity index (χ2n) is 5.26. The Balaban J connectivity index is 2.56. The summed E-state index contributed by atoms with van der Waals surface area (Å²) in [5.41, 5.74) is -1.19. The molecule has 0 aromatic rings. The van der Waals surface area contributed by atoms with E-state index in [0.29, 0.717) is 6.42 Å². The van der Waals surface area contributed by atoms with Crippen LogP contribution in [0.3, 0.4) is 0 Å². The Kier molecular flexibility index (Phi) is 2.81. The van der Waals surface area contributed by atoms with E-state index in [2.05, 4.69) is 5.32 Å². The van der Waals surface area contributed by atoms with Crippen LogP contribution in [0, 0.1) is 5.92 Å². The van der Waals surface area contributed by atoms with Crippen LogP contribution in [-0.2, 0) is 9.53 Å². The summed E-state index contributed by atoms with van der Waals surface area (Å²) in [6.07, 6.45) is 0.198. The van der Waals surface area contributed by atoms with Crippen molar-refractivity contribution >= 4 is 11.9 Å². The number of amides is 1. The number of nitrogens with one attached hydrogen (secondary N) is 1. The van der Waals surface area contributed by atoms with Crippen LogP contribution in [0.1, 0.15) is 41.0 Å². The molecule has 0 heterocycles. The van der Waals surface area contributed by atoms with E-state index in [9.17, 15) is 9.59 Å². The fraction of sp³-hybridized carbons (Fsp3) is 0.818. The normalized spacial score (nSPS) is 29.5. The van der Waals surface area contributed by atoms with Gasteiger partial charge in [0.1, 0.15) is 11.1 Å². The maximum absolute atomic E-state index is 11.5. The first-order chi connectivity index (χ1) is 6.67. The number of ether oxygens (including phenoxy) is 1. The van der Waals surface area contributed by atoms with Gasteiger partial charge in [0.15, 0.2) is 5.78 Å². The van der Waals surface area contributed by atoms with E-state index in [1.807, 2.05) is 6.92 Å². The average Bonchev–Trinajstić information content (AvgIpc) is 2.57. The summed E-state index contributed by atoms with van der Waals surface area (Å²) < 4.78 is 5.11. The Morgan fingerprint density at radius 3 is 2.13 bits per heavy atom. The molecule has 2 atom stereocenters. The zero-order valence-corrected chi connectivity index (χ0v) is 10.0. The van der Waals surface area contributed by atoms with Gasteiger partial charge in [-0.05, 0) is 40.0 Å². The number of ketones is 1. The van der Waals surface area contributed by atoms with Crippen molar-refractivity contribution in [3.63, 3.8) is 0 Å². The highest BCUT2D eigenvalue weighted by atomic mass is 16.6. The molecule has 0 aromatic carbocycles. The van der Waals surface area contributed by atoms with Crippen LogP contribution >= 0.6 is 0 Å². The van der Waals surface area contributed by atoms with Gasteiger partial charge in [0.2, 0.25) is 0 Å². The van der Waals surface area contributed by atoms with Crippen LogP contribution in [0.2, 0.25) is 0 Å². The maximum Gasteiger partial charge on any atom is 0.408 e. The number of hydrogen-bond donors (Lipinski definition) is 1. The van der Waals surface area contributed by atoms with Crippen molar-refractivity contribution < 1.29 is 14.3 Å². The van der Waals surface area contributed by atoms with Crippen molar-refractivity contribution in [2.45, 2.75) is 52.2 Å². The van der Waals surface area contributed by atoms with Crippen molar-refractivity contribution in [3.8, 4) is 0 Å². The van der Waals surface area contributed by atoms with E-state index in [0.717, 1.165) is 0 Å². The van der Waals surface area contributed by atoms with Gasteiger partial charge in [-0.25, -0.2) is 4.79 Å². The minimum Gasteiger partial charge on any atom is -0.444 e. The average molecular weight is 213 g/mol. The molecule has 1 amide bonds. The number of carbonyl (C=O) groups excluding carboxylic acids is 2. The van der Waals surface area contributed by atoms with Gasteiger partial charge >= 0.3 is 6.09 Å². The third-order valence-electron chi connectivity index (χ3n) is 2.66. The lowest BCUT2D eigenvalue weighted by molar-refractivity contribution is -0.120. The number of rotatable bonds is 2. The Morgan fingerprint density at radius 1 is 1.40 bits per heavy atom. The Bertz CT molecular complexity index is 293. The Labute approximate surface area is 90.4 Å². The molecule has 1 N–H and O–H groups in total. The molecule has 0 aromatic heterocycles. The molecule has 4 nitrogen and oxygen atoms in total. The highest BCUT2D eigenvalue weighted by Crippen LogP contribution is 2.43. The first-order valence-corrected chi connectivity index (χ1v) is 5.19. The van der Waals surface area contributed by atoms with E-state index in [1.54, 1.807) is 20.8 Å². The fourth-order valence-corrected chi connectivity index (χ4v) is 1.66. The summed E-state index contributed by atoms with van der Waals surface area (Å²) in [6, 6.07) is 0. The van der Waals surface area contributed by atoms with Gasteiger partial charge < -0.3 is 10.1 Å². The fourth-order valence-electron chi connectivity index (χ4n) is 1.66. The smallest absolute Gasteiger partial charge is 0.408 e. The molecular weight excluding hydrogens is 194 g/mol. The molecule has 15 heavy (non-hydrogen) atoms.